The number of hydrogen-bond acceptors (Lipinski definition) is 4. The molecular formula is C15H19NO4S. The summed E-state index contributed by atoms with van der Waals surface area (Å²) < 4.78 is 17.0. The van der Waals surface area contributed by atoms with E-state index in [-0.39, 0.29) is 11.7 Å². The van der Waals surface area contributed by atoms with Gasteiger partial charge < -0.3 is 10.1 Å². The Hall–Kier alpha value is -1.69. The first kappa shape index (κ1) is 15.7. The summed E-state index contributed by atoms with van der Waals surface area (Å²) in [6.07, 6.45) is 3.20. The van der Waals surface area contributed by atoms with E-state index in [1.54, 1.807) is 0 Å². The minimum absolute atomic E-state index is 0.0189. The van der Waals surface area contributed by atoms with Crippen molar-refractivity contribution < 1.29 is 18.5 Å². The number of aryl methyl sites for hydroxylation is 2. The van der Waals surface area contributed by atoms with Crippen LogP contribution in [0.1, 0.15) is 24.5 Å². The van der Waals surface area contributed by atoms with Crippen LogP contribution in [0.2, 0.25) is 0 Å². The summed E-state index contributed by atoms with van der Waals surface area (Å²) in [6, 6.07) is 4.89. The van der Waals surface area contributed by atoms with Crippen LogP contribution in [-0.4, -0.2) is 35.0 Å². The Morgan fingerprint density at radius 1 is 1.33 bits per heavy atom. The Morgan fingerprint density at radius 3 is 2.71 bits per heavy atom. The van der Waals surface area contributed by atoms with Gasteiger partial charge >= 0.3 is 5.97 Å². The molecule has 0 bridgehead atoms. The Bertz CT molecular complexity index is 585. The molecule has 0 aromatic heterocycles. The van der Waals surface area contributed by atoms with Gasteiger partial charge in [0.15, 0.2) is 0 Å². The van der Waals surface area contributed by atoms with Crippen molar-refractivity contribution in [2.24, 2.45) is 0 Å². The lowest BCUT2D eigenvalue weighted by Gasteiger charge is -2.15. The van der Waals surface area contributed by atoms with Crippen molar-refractivity contribution in [2.45, 2.75) is 37.1 Å². The highest BCUT2D eigenvalue weighted by Gasteiger charge is 2.24. The molecule has 1 aliphatic rings. The molecule has 1 N–H and O–H groups in total. The van der Waals surface area contributed by atoms with Gasteiger partial charge in [-0.25, -0.2) is 4.79 Å². The topological polar surface area (TPSA) is 72.5 Å². The molecule has 0 saturated carbocycles. The summed E-state index contributed by atoms with van der Waals surface area (Å²) in [5, 5.41) is 2.48. The van der Waals surface area contributed by atoms with E-state index in [1.165, 1.54) is 25.2 Å². The van der Waals surface area contributed by atoms with Crippen LogP contribution in [0, 0.1) is 0 Å². The molecule has 6 heteroatoms. The zero-order valence-corrected chi connectivity index (χ0v) is 13.0. The molecule has 1 aliphatic carbocycles. The Morgan fingerprint density at radius 2 is 2.05 bits per heavy atom. The number of hydrogen-bond donors (Lipinski definition) is 1. The van der Waals surface area contributed by atoms with Gasteiger partial charge in [0.25, 0.3) is 0 Å². The highest BCUT2D eigenvalue weighted by molar-refractivity contribution is 7.85. The van der Waals surface area contributed by atoms with Crippen LogP contribution in [0.25, 0.3) is 0 Å². The van der Waals surface area contributed by atoms with Crippen LogP contribution in [0.3, 0.4) is 0 Å². The fourth-order valence-corrected chi connectivity index (χ4v) is 3.70. The van der Waals surface area contributed by atoms with Gasteiger partial charge in [-0.1, -0.05) is 6.07 Å². The largest absolute Gasteiger partial charge is 0.467 e. The minimum Gasteiger partial charge on any atom is -0.467 e. The predicted molar refractivity (Wildman–Crippen MR) is 79.4 cm³/mol. The summed E-state index contributed by atoms with van der Waals surface area (Å²) in [7, 11) is -0.115. The number of esters is 1. The molecule has 21 heavy (non-hydrogen) atoms. The number of fused-ring (bicyclic) bond motifs is 1. The highest BCUT2D eigenvalue weighted by Crippen LogP contribution is 2.24. The normalized spacial score (nSPS) is 15.9. The van der Waals surface area contributed by atoms with Crippen LogP contribution in [0.15, 0.2) is 23.1 Å². The maximum Gasteiger partial charge on any atom is 0.329 e. The monoisotopic (exact) mass is 309 g/mol. The van der Waals surface area contributed by atoms with E-state index >= 15 is 0 Å². The lowest BCUT2D eigenvalue weighted by molar-refractivity contribution is -0.144. The fourth-order valence-electron chi connectivity index (χ4n) is 2.49. The van der Waals surface area contributed by atoms with E-state index in [0.717, 1.165) is 19.3 Å². The molecule has 0 spiro atoms. The number of rotatable bonds is 5. The molecule has 0 saturated heterocycles. The van der Waals surface area contributed by atoms with E-state index in [4.69, 9.17) is 0 Å². The first-order chi connectivity index (χ1) is 10.0. The Balaban J connectivity index is 2.11. The lowest BCUT2D eigenvalue weighted by atomic mass is 10.1. The van der Waals surface area contributed by atoms with Crippen LogP contribution in [0.5, 0.6) is 0 Å². The number of benzene rings is 1. The van der Waals surface area contributed by atoms with Crippen LogP contribution >= 0.6 is 0 Å². The number of methoxy groups -OCH3 is 1. The third kappa shape index (κ3) is 3.91. The van der Waals surface area contributed by atoms with E-state index in [1.807, 2.05) is 18.2 Å². The summed E-state index contributed by atoms with van der Waals surface area (Å²) in [5.41, 5.74) is 2.54. The van der Waals surface area contributed by atoms with E-state index in [9.17, 15) is 13.8 Å². The van der Waals surface area contributed by atoms with E-state index in [2.05, 4.69) is 10.1 Å². The standard InChI is InChI=1S/C15H19NO4S/c1-10(17)16-14(15(18)20-2)9-21(19)13-7-6-11-4-3-5-12(11)8-13/h6-8,14H,3-5,9H2,1-2H3,(H,16,17). The molecule has 1 amide bonds. The SMILES string of the molecule is COC(=O)C(CS(=O)c1ccc2c(c1)CCC2)NC(C)=O. The van der Waals surface area contributed by atoms with Gasteiger partial charge in [0.1, 0.15) is 6.04 Å². The van der Waals surface area contributed by atoms with Crippen molar-refractivity contribution in [3.63, 3.8) is 0 Å². The molecule has 5 nitrogen and oxygen atoms in total. The number of carbonyl (C=O) groups excluding carboxylic acids is 2. The second-order valence-electron chi connectivity index (χ2n) is 5.07. The third-order valence-electron chi connectivity index (χ3n) is 3.51. The van der Waals surface area contributed by atoms with Gasteiger partial charge in [-0.3, -0.25) is 9.00 Å². The first-order valence-corrected chi connectivity index (χ1v) is 8.18. The Kier molecular flexibility index (Phi) is 5.12. The molecule has 0 heterocycles. The van der Waals surface area contributed by atoms with Gasteiger partial charge in [0, 0.05) is 11.8 Å². The summed E-state index contributed by atoms with van der Waals surface area (Å²) in [4.78, 5) is 23.4. The van der Waals surface area contributed by atoms with Gasteiger partial charge in [-0.05, 0) is 42.5 Å². The molecule has 0 aliphatic heterocycles. The maximum absolute atomic E-state index is 12.4. The fraction of sp³-hybridized carbons (Fsp3) is 0.467. The highest BCUT2D eigenvalue weighted by atomic mass is 32.2. The minimum atomic E-state index is -1.36. The summed E-state index contributed by atoms with van der Waals surface area (Å²) in [5.74, 6) is -0.915. The molecular weight excluding hydrogens is 290 g/mol. The van der Waals surface area contributed by atoms with E-state index < -0.39 is 22.8 Å². The van der Waals surface area contributed by atoms with Crippen molar-refractivity contribution in [1.82, 2.24) is 5.32 Å². The average molecular weight is 309 g/mol. The smallest absolute Gasteiger partial charge is 0.329 e. The molecule has 1 aromatic rings. The average Bonchev–Trinajstić information content (AvgIpc) is 2.92. The number of nitrogens with one attached hydrogen (secondary N) is 1. The van der Waals surface area contributed by atoms with Gasteiger partial charge in [-0.15, -0.1) is 0 Å². The van der Waals surface area contributed by atoms with Crippen molar-refractivity contribution in [3.8, 4) is 0 Å². The number of amides is 1. The maximum atomic E-state index is 12.4. The Labute approximate surface area is 126 Å². The quantitative estimate of drug-likeness (QED) is 0.822. The molecule has 114 valence electrons. The zero-order valence-electron chi connectivity index (χ0n) is 12.2. The third-order valence-corrected chi connectivity index (χ3v) is 4.93. The second-order valence-corrected chi connectivity index (χ2v) is 6.57. The van der Waals surface area contributed by atoms with Gasteiger partial charge in [-0.2, -0.15) is 0 Å². The second kappa shape index (κ2) is 6.85. The molecule has 2 atom stereocenters. The van der Waals surface area contributed by atoms with Gasteiger partial charge in [0.05, 0.1) is 23.7 Å². The van der Waals surface area contributed by atoms with Crippen molar-refractivity contribution in [2.75, 3.05) is 12.9 Å². The lowest BCUT2D eigenvalue weighted by Crippen LogP contribution is -2.44. The molecule has 1 aromatic carbocycles. The first-order valence-electron chi connectivity index (χ1n) is 6.86. The predicted octanol–water partition coefficient (Wildman–Crippen LogP) is 0.961. The van der Waals surface area contributed by atoms with Crippen LogP contribution in [0.4, 0.5) is 0 Å². The van der Waals surface area contributed by atoms with Crippen molar-refractivity contribution in [3.05, 3.63) is 29.3 Å². The van der Waals surface area contributed by atoms with Crippen molar-refractivity contribution in [1.29, 1.82) is 0 Å². The molecule has 0 radical (unpaired) electrons. The van der Waals surface area contributed by atoms with Gasteiger partial charge in [0.2, 0.25) is 5.91 Å². The summed E-state index contributed by atoms with van der Waals surface area (Å²) in [6.45, 7) is 1.31. The summed E-state index contributed by atoms with van der Waals surface area (Å²) >= 11 is 0. The van der Waals surface area contributed by atoms with Crippen molar-refractivity contribution >= 4 is 22.7 Å². The zero-order chi connectivity index (χ0) is 15.4. The number of ether oxygens (including phenoxy) is 1. The van der Waals surface area contributed by atoms with E-state index in [0.29, 0.717) is 4.90 Å². The van der Waals surface area contributed by atoms with Crippen LogP contribution in [-0.2, 0) is 38.0 Å². The molecule has 2 unspecified atom stereocenters. The number of carbonyl (C=O) groups is 2. The van der Waals surface area contributed by atoms with Crippen LogP contribution < -0.4 is 5.32 Å². The molecule has 0 fully saturated rings. The molecule has 2 rings (SSSR count).